The van der Waals surface area contributed by atoms with E-state index in [0.29, 0.717) is 11.7 Å². The Kier molecular flexibility index (Phi) is 4.26. The molecule has 2 heterocycles. The molecule has 1 aliphatic carbocycles. The zero-order valence-electron chi connectivity index (χ0n) is 14.5. The highest BCUT2D eigenvalue weighted by atomic mass is 16.5. The predicted molar refractivity (Wildman–Crippen MR) is 90.2 cm³/mol. The number of nitrogens with zero attached hydrogens (tertiary/aromatic N) is 3. The molecule has 0 saturated carbocycles. The number of amides is 1. The van der Waals surface area contributed by atoms with Crippen LogP contribution in [0.2, 0.25) is 0 Å². The molecule has 2 aromatic heterocycles. The highest BCUT2D eigenvalue weighted by molar-refractivity contribution is 5.93. The monoisotopic (exact) mass is 354 g/mol. The summed E-state index contributed by atoms with van der Waals surface area (Å²) in [6.45, 7) is 2.08. The van der Waals surface area contributed by atoms with Gasteiger partial charge in [-0.15, -0.1) is 0 Å². The molecule has 1 unspecified atom stereocenters. The Balaban J connectivity index is 1.52. The molecule has 1 aromatic carbocycles. The summed E-state index contributed by atoms with van der Waals surface area (Å²) in [5.74, 6) is 0.983. The summed E-state index contributed by atoms with van der Waals surface area (Å²) in [5.41, 5.74) is 3.87. The maximum Gasteiger partial charge on any atom is 0.290 e. The zero-order valence-corrected chi connectivity index (χ0v) is 14.5. The van der Waals surface area contributed by atoms with Crippen LogP contribution in [0.15, 0.2) is 33.4 Å². The SMILES string of the molecule is COCc1nc(-c2ccc3c(c2)CCC3NC(=O)c2oncc2C)no1. The molecule has 0 aliphatic heterocycles. The molecule has 1 atom stereocenters. The van der Waals surface area contributed by atoms with Crippen molar-refractivity contribution >= 4 is 5.91 Å². The normalized spacial score (nSPS) is 15.8. The van der Waals surface area contributed by atoms with Crippen LogP contribution in [-0.2, 0) is 17.8 Å². The van der Waals surface area contributed by atoms with Crippen LogP contribution in [0.3, 0.4) is 0 Å². The number of carbonyl (C=O) groups excluding carboxylic acids is 1. The van der Waals surface area contributed by atoms with Crippen LogP contribution >= 0.6 is 0 Å². The molecule has 0 saturated heterocycles. The second-order valence-electron chi connectivity index (χ2n) is 6.26. The molecule has 0 spiro atoms. The standard InChI is InChI=1S/C18H18N4O4/c1-10-8-19-26-16(10)18(23)20-14-6-4-11-7-12(3-5-13(11)14)17-21-15(9-24-2)25-22-17/h3,5,7-8,14H,4,6,9H2,1-2H3,(H,20,23). The highest BCUT2D eigenvalue weighted by Crippen LogP contribution is 2.34. The van der Waals surface area contributed by atoms with E-state index >= 15 is 0 Å². The minimum Gasteiger partial charge on any atom is -0.375 e. The Morgan fingerprint density at radius 2 is 2.27 bits per heavy atom. The third-order valence-corrected chi connectivity index (χ3v) is 4.47. The smallest absolute Gasteiger partial charge is 0.290 e. The van der Waals surface area contributed by atoms with Crippen LogP contribution < -0.4 is 5.32 Å². The van der Waals surface area contributed by atoms with E-state index in [4.69, 9.17) is 13.8 Å². The lowest BCUT2D eigenvalue weighted by Crippen LogP contribution is -2.27. The van der Waals surface area contributed by atoms with Gasteiger partial charge in [-0.2, -0.15) is 4.98 Å². The number of fused-ring (bicyclic) bond motifs is 1. The van der Waals surface area contributed by atoms with Gasteiger partial charge in [0.05, 0.1) is 12.2 Å². The lowest BCUT2D eigenvalue weighted by Gasteiger charge is -2.13. The number of benzene rings is 1. The predicted octanol–water partition coefficient (Wildman–Crippen LogP) is 2.60. The molecule has 0 bridgehead atoms. The first-order valence-corrected chi connectivity index (χ1v) is 8.32. The van der Waals surface area contributed by atoms with Crippen molar-refractivity contribution in [3.05, 3.63) is 52.7 Å². The largest absolute Gasteiger partial charge is 0.375 e. The molecule has 1 amide bonds. The molecule has 3 aromatic rings. The summed E-state index contributed by atoms with van der Waals surface area (Å²) in [5, 5.41) is 10.7. The van der Waals surface area contributed by atoms with Gasteiger partial charge in [0.2, 0.25) is 11.6 Å². The van der Waals surface area contributed by atoms with E-state index in [1.807, 2.05) is 18.2 Å². The minimum absolute atomic E-state index is 0.0506. The summed E-state index contributed by atoms with van der Waals surface area (Å²) < 4.78 is 15.2. The van der Waals surface area contributed by atoms with Gasteiger partial charge in [0.1, 0.15) is 6.61 Å². The molecule has 8 heteroatoms. The lowest BCUT2D eigenvalue weighted by molar-refractivity contribution is 0.0898. The van der Waals surface area contributed by atoms with E-state index in [-0.39, 0.29) is 24.3 Å². The van der Waals surface area contributed by atoms with E-state index in [9.17, 15) is 4.79 Å². The molecule has 0 fully saturated rings. The molecule has 0 radical (unpaired) electrons. The summed E-state index contributed by atoms with van der Waals surface area (Å²) in [6, 6.07) is 5.93. The van der Waals surface area contributed by atoms with Gasteiger partial charge < -0.3 is 19.1 Å². The van der Waals surface area contributed by atoms with Crippen LogP contribution in [-0.4, -0.2) is 28.3 Å². The molecular formula is C18H18N4O4. The van der Waals surface area contributed by atoms with Crippen LogP contribution in [0, 0.1) is 6.92 Å². The van der Waals surface area contributed by atoms with Gasteiger partial charge >= 0.3 is 0 Å². The Hall–Kier alpha value is -3.00. The van der Waals surface area contributed by atoms with Crippen molar-refractivity contribution in [1.82, 2.24) is 20.6 Å². The second-order valence-corrected chi connectivity index (χ2v) is 6.26. The maximum absolute atomic E-state index is 12.4. The first kappa shape index (κ1) is 16.5. The fraction of sp³-hybridized carbons (Fsp3) is 0.333. The fourth-order valence-electron chi connectivity index (χ4n) is 3.19. The maximum atomic E-state index is 12.4. The highest BCUT2D eigenvalue weighted by Gasteiger charge is 2.27. The van der Waals surface area contributed by atoms with Crippen molar-refractivity contribution < 1.29 is 18.6 Å². The summed E-state index contributed by atoms with van der Waals surface area (Å²) in [6.07, 6.45) is 3.23. The average molecular weight is 354 g/mol. The van der Waals surface area contributed by atoms with E-state index in [1.54, 1.807) is 14.0 Å². The third-order valence-electron chi connectivity index (χ3n) is 4.47. The first-order valence-electron chi connectivity index (χ1n) is 8.32. The zero-order chi connectivity index (χ0) is 18.1. The van der Waals surface area contributed by atoms with Crippen molar-refractivity contribution in [2.75, 3.05) is 7.11 Å². The third kappa shape index (κ3) is 2.99. The molecule has 1 N–H and O–H groups in total. The van der Waals surface area contributed by atoms with Gasteiger partial charge in [-0.3, -0.25) is 4.79 Å². The Morgan fingerprint density at radius 3 is 3.04 bits per heavy atom. The number of ether oxygens (including phenoxy) is 1. The van der Waals surface area contributed by atoms with Gasteiger partial charge in [-0.25, -0.2) is 0 Å². The number of rotatable bonds is 5. The van der Waals surface area contributed by atoms with Gasteiger partial charge in [-0.1, -0.05) is 22.4 Å². The summed E-state index contributed by atoms with van der Waals surface area (Å²) >= 11 is 0. The molecule has 4 rings (SSSR count). The minimum atomic E-state index is -0.246. The second kappa shape index (κ2) is 6.72. The number of hydrogen-bond donors (Lipinski definition) is 1. The molecule has 8 nitrogen and oxygen atoms in total. The Labute approximate surface area is 149 Å². The average Bonchev–Trinajstić information content (AvgIpc) is 3.35. The van der Waals surface area contributed by atoms with E-state index in [0.717, 1.165) is 29.5 Å². The van der Waals surface area contributed by atoms with Crippen molar-refractivity contribution in [1.29, 1.82) is 0 Å². The summed E-state index contributed by atoms with van der Waals surface area (Å²) in [4.78, 5) is 16.7. The van der Waals surface area contributed by atoms with Crippen molar-refractivity contribution in [2.24, 2.45) is 0 Å². The Bertz CT molecular complexity index is 946. The molecule has 1 aliphatic rings. The van der Waals surface area contributed by atoms with Gasteiger partial charge in [0, 0.05) is 18.2 Å². The summed E-state index contributed by atoms with van der Waals surface area (Å²) in [7, 11) is 1.58. The number of aromatic nitrogens is 3. The van der Waals surface area contributed by atoms with Gasteiger partial charge in [-0.05, 0) is 37.0 Å². The first-order chi connectivity index (χ1) is 12.7. The lowest BCUT2D eigenvalue weighted by atomic mass is 10.0. The van der Waals surface area contributed by atoms with Crippen LogP contribution in [0.4, 0.5) is 0 Å². The van der Waals surface area contributed by atoms with Gasteiger partial charge in [0.25, 0.3) is 11.8 Å². The van der Waals surface area contributed by atoms with Gasteiger partial charge in [0.15, 0.2) is 0 Å². The van der Waals surface area contributed by atoms with Crippen LogP contribution in [0.25, 0.3) is 11.4 Å². The number of nitrogens with one attached hydrogen (secondary N) is 1. The number of methoxy groups -OCH3 is 1. The molecule has 134 valence electrons. The number of aryl methyl sites for hydroxylation is 2. The van der Waals surface area contributed by atoms with Crippen LogP contribution in [0.5, 0.6) is 0 Å². The molecular weight excluding hydrogens is 336 g/mol. The topological polar surface area (TPSA) is 103 Å². The molecule has 26 heavy (non-hydrogen) atoms. The van der Waals surface area contributed by atoms with Crippen molar-refractivity contribution in [3.8, 4) is 11.4 Å². The van der Waals surface area contributed by atoms with E-state index < -0.39 is 0 Å². The number of hydrogen-bond acceptors (Lipinski definition) is 7. The Morgan fingerprint density at radius 1 is 1.38 bits per heavy atom. The quantitative estimate of drug-likeness (QED) is 0.751. The van der Waals surface area contributed by atoms with E-state index in [2.05, 4.69) is 20.6 Å². The van der Waals surface area contributed by atoms with Crippen LogP contribution in [0.1, 0.15) is 45.6 Å². The van der Waals surface area contributed by atoms with Crippen molar-refractivity contribution in [2.45, 2.75) is 32.4 Å². The fourth-order valence-corrected chi connectivity index (χ4v) is 3.19. The van der Waals surface area contributed by atoms with E-state index in [1.165, 1.54) is 11.8 Å². The number of carbonyl (C=O) groups is 1. The van der Waals surface area contributed by atoms with Crippen molar-refractivity contribution in [3.63, 3.8) is 0 Å².